The number of allylic oxidation sites excluding steroid dienone is 2. The lowest BCUT2D eigenvalue weighted by Crippen LogP contribution is -2.28. The third-order valence-electron chi connectivity index (χ3n) is 7.22. The zero-order valence-corrected chi connectivity index (χ0v) is 17.8. The van der Waals surface area contributed by atoms with Gasteiger partial charge in [-0.05, 0) is 69.6 Å². The summed E-state index contributed by atoms with van der Waals surface area (Å²) >= 11 is 0. The van der Waals surface area contributed by atoms with Crippen LogP contribution >= 0.6 is 0 Å². The molecule has 0 saturated heterocycles. The van der Waals surface area contributed by atoms with Gasteiger partial charge in [-0.15, -0.1) is 0 Å². The summed E-state index contributed by atoms with van der Waals surface area (Å²) in [6.45, 7) is 0. The molecule has 0 fully saturated rings. The number of hydrogen-bond donors (Lipinski definition) is 0. The molecule has 3 aliphatic rings. The van der Waals surface area contributed by atoms with Crippen LogP contribution in [0.25, 0.3) is 16.7 Å². The van der Waals surface area contributed by atoms with Crippen molar-refractivity contribution in [3.05, 3.63) is 138 Å². The van der Waals surface area contributed by atoms with Gasteiger partial charge in [0.1, 0.15) is 0 Å². The normalized spacial score (nSPS) is 19.8. The lowest BCUT2D eigenvalue weighted by Gasteiger charge is -2.29. The fourth-order valence-corrected chi connectivity index (χ4v) is 5.73. The van der Waals surface area contributed by atoms with Gasteiger partial charge in [-0.2, -0.15) is 0 Å². The Bertz CT molecular complexity index is 1410. The second-order valence-electron chi connectivity index (χ2n) is 8.97. The molecular formula is C31H23N. The van der Waals surface area contributed by atoms with Crippen LogP contribution in [0.3, 0.4) is 0 Å². The summed E-state index contributed by atoms with van der Waals surface area (Å²) < 4.78 is 0. The lowest BCUT2D eigenvalue weighted by molar-refractivity contribution is 0.747. The molecule has 2 unspecified atom stereocenters. The SMILES string of the molecule is C1=CC2C(C=C1c1ccc3c(c1)-c1ccccc1C3)c1ccccc1N2c1ccccc1. The first-order valence-corrected chi connectivity index (χ1v) is 11.4. The van der Waals surface area contributed by atoms with E-state index in [0.717, 1.165) is 6.42 Å². The lowest BCUT2D eigenvalue weighted by atomic mass is 9.85. The fourth-order valence-electron chi connectivity index (χ4n) is 5.73. The highest BCUT2D eigenvalue weighted by Crippen LogP contribution is 2.49. The van der Waals surface area contributed by atoms with E-state index in [2.05, 4.69) is 120 Å². The zero-order chi connectivity index (χ0) is 21.1. The summed E-state index contributed by atoms with van der Waals surface area (Å²) in [7, 11) is 0. The molecule has 1 heterocycles. The van der Waals surface area contributed by atoms with Crippen molar-refractivity contribution in [2.24, 2.45) is 0 Å². The van der Waals surface area contributed by atoms with Crippen LogP contribution < -0.4 is 4.90 Å². The van der Waals surface area contributed by atoms with Crippen molar-refractivity contribution in [1.82, 2.24) is 0 Å². The van der Waals surface area contributed by atoms with E-state index in [4.69, 9.17) is 0 Å². The van der Waals surface area contributed by atoms with Gasteiger partial charge in [-0.3, -0.25) is 0 Å². The van der Waals surface area contributed by atoms with Crippen LogP contribution in [0.4, 0.5) is 11.4 Å². The van der Waals surface area contributed by atoms with Crippen LogP contribution in [-0.2, 0) is 6.42 Å². The maximum Gasteiger partial charge on any atom is 0.0630 e. The van der Waals surface area contributed by atoms with Crippen LogP contribution in [0.15, 0.2) is 115 Å². The van der Waals surface area contributed by atoms with Crippen molar-refractivity contribution in [3.8, 4) is 11.1 Å². The van der Waals surface area contributed by atoms with Crippen molar-refractivity contribution >= 4 is 16.9 Å². The monoisotopic (exact) mass is 409 g/mol. The minimum Gasteiger partial charge on any atom is -0.333 e. The Morgan fingerprint density at radius 3 is 2.41 bits per heavy atom. The van der Waals surface area contributed by atoms with E-state index in [1.54, 1.807) is 0 Å². The van der Waals surface area contributed by atoms with Crippen LogP contribution in [0.2, 0.25) is 0 Å². The Labute approximate surface area is 189 Å². The van der Waals surface area contributed by atoms with Crippen molar-refractivity contribution in [3.63, 3.8) is 0 Å². The third-order valence-corrected chi connectivity index (χ3v) is 7.22. The maximum atomic E-state index is 2.49. The van der Waals surface area contributed by atoms with Crippen LogP contribution in [0.5, 0.6) is 0 Å². The number of rotatable bonds is 2. The van der Waals surface area contributed by atoms with Gasteiger partial charge in [0.2, 0.25) is 0 Å². The van der Waals surface area contributed by atoms with Gasteiger partial charge < -0.3 is 4.90 Å². The predicted octanol–water partition coefficient (Wildman–Crippen LogP) is 7.52. The van der Waals surface area contributed by atoms with E-state index in [9.17, 15) is 0 Å². The summed E-state index contributed by atoms with van der Waals surface area (Å²) in [5, 5.41) is 0. The van der Waals surface area contributed by atoms with Crippen LogP contribution in [-0.4, -0.2) is 6.04 Å². The van der Waals surface area contributed by atoms with Crippen molar-refractivity contribution in [1.29, 1.82) is 0 Å². The number of fused-ring (bicyclic) bond motifs is 6. The molecule has 1 aliphatic heterocycles. The molecule has 0 saturated carbocycles. The van der Waals surface area contributed by atoms with Gasteiger partial charge in [0.25, 0.3) is 0 Å². The molecule has 2 aliphatic carbocycles. The van der Waals surface area contributed by atoms with Gasteiger partial charge in [0.05, 0.1) is 6.04 Å². The Morgan fingerprint density at radius 2 is 1.47 bits per heavy atom. The summed E-state index contributed by atoms with van der Waals surface area (Å²) in [5.74, 6) is 0.354. The molecule has 0 aromatic heterocycles. The number of para-hydroxylation sites is 2. The largest absolute Gasteiger partial charge is 0.333 e. The van der Waals surface area contributed by atoms with Gasteiger partial charge in [-0.1, -0.05) is 91.0 Å². The van der Waals surface area contributed by atoms with Crippen LogP contribution in [0.1, 0.15) is 28.2 Å². The van der Waals surface area contributed by atoms with Crippen LogP contribution in [0, 0.1) is 0 Å². The van der Waals surface area contributed by atoms with Gasteiger partial charge in [0, 0.05) is 17.3 Å². The zero-order valence-electron chi connectivity index (χ0n) is 17.8. The average molecular weight is 410 g/mol. The molecule has 4 aromatic rings. The van der Waals surface area contributed by atoms with E-state index in [1.165, 1.54) is 50.3 Å². The topological polar surface area (TPSA) is 3.24 Å². The first-order chi connectivity index (χ1) is 15.9. The highest BCUT2D eigenvalue weighted by molar-refractivity contribution is 5.86. The molecule has 0 bridgehead atoms. The van der Waals surface area contributed by atoms with E-state index >= 15 is 0 Å². The Balaban J connectivity index is 1.31. The highest BCUT2D eigenvalue weighted by Gasteiger charge is 2.38. The molecule has 0 radical (unpaired) electrons. The smallest absolute Gasteiger partial charge is 0.0630 e. The molecular weight excluding hydrogens is 386 g/mol. The second-order valence-corrected chi connectivity index (χ2v) is 8.97. The van der Waals surface area contributed by atoms with E-state index < -0.39 is 0 Å². The number of hydrogen-bond acceptors (Lipinski definition) is 1. The summed E-state index contributed by atoms with van der Waals surface area (Å²) in [6.07, 6.45) is 8.25. The standard InChI is InChI=1S/C31H23N/c1-2-9-25(10-3-1)32-30-13-7-6-12-27(30)29-20-22(16-17-31(29)32)21-14-15-24-18-23-8-4-5-11-26(23)28(24)19-21/h1-17,19-20,29,31H,18H2. The first-order valence-electron chi connectivity index (χ1n) is 11.4. The second kappa shape index (κ2) is 6.83. The number of nitrogens with zero attached hydrogens (tertiary/aromatic N) is 1. The summed E-state index contributed by atoms with van der Waals surface area (Å²) in [5.41, 5.74) is 12.3. The van der Waals surface area contributed by atoms with Gasteiger partial charge in [0.15, 0.2) is 0 Å². The van der Waals surface area contributed by atoms with Gasteiger partial charge in [-0.25, -0.2) is 0 Å². The molecule has 1 heteroatoms. The fraction of sp³-hybridized carbons (Fsp3) is 0.0968. The molecule has 0 N–H and O–H groups in total. The van der Waals surface area contributed by atoms with E-state index in [1.807, 2.05) is 0 Å². The Kier molecular flexibility index (Phi) is 3.80. The average Bonchev–Trinajstić information content (AvgIpc) is 3.39. The Hall–Kier alpha value is -3.84. The molecule has 2 atom stereocenters. The van der Waals surface area contributed by atoms with E-state index in [-0.39, 0.29) is 0 Å². The van der Waals surface area contributed by atoms with Crippen molar-refractivity contribution < 1.29 is 0 Å². The Morgan fingerprint density at radius 1 is 0.688 bits per heavy atom. The number of benzene rings is 4. The molecule has 4 aromatic carbocycles. The molecule has 0 spiro atoms. The summed E-state index contributed by atoms with van der Waals surface area (Å²) in [4.78, 5) is 2.49. The molecule has 0 amide bonds. The molecule has 7 rings (SSSR count). The minimum atomic E-state index is 0.314. The molecule has 152 valence electrons. The van der Waals surface area contributed by atoms with Crippen molar-refractivity contribution in [2.75, 3.05) is 4.90 Å². The molecule has 1 nitrogen and oxygen atoms in total. The molecule has 32 heavy (non-hydrogen) atoms. The highest BCUT2D eigenvalue weighted by atomic mass is 15.2. The third kappa shape index (κ3) is 2.58. The van der Waals surface area contributed by atoms with Gasteiger partial charge >= 0.3 is 0 Å². The first kappa shape index (κ1) is 17.8. The van der Waals surface area contributed by atoms with Crippen molar-refractivity contribution in [2.45, 2.75) is 18.4 Å². The quantitative estimate of drug-likeness (QED) is 0.291. The minimum absolute atomic E-state index is 0.314. The van der Waals surface area contributed by atoms with E-state index in [0.29, 0.717) is 12.0 Å². The summed E-state index contributed by atoms with van der Waals surface area (Å²) in [6, 6.07) is 35.8. The predicted molar refractivity (Wildman–Crippen MR) is 133 cm³/mol. The maximum absolute atomic E-state index is 2.49. The number of anilines is 2.